The van der Waals surface area contributed by atoms with Crippen molar-refractivity contribution in [3.63, 3.8) is 0 Å². The van der Waals surface area contributed by atoms with E-state index in [0.29, 0.717) is 5.92 Å². The molecule has 0 heterocycles. The molecule has 2 rings (SSSR count). The lowest BCUT2D eigenvalue weighted by Gasteiger charge is -2.37. The van der Waals surface area contributed by atoms with Crippen LogP contribution in [-0.2, 0) is 14.3 Å². The molecule has 1 aliphatic carbocycles. The van der Waals surface area contributed by atoms with Crippen molar-refractivity contribution in [2.24, 2.45) is 5.92 Å². The molecular weight excluding hydrogens is 292 g/mol. The highest BCUT2D eigenvalue weighted by Gasteiger charge is 2.33. The molecule has 0 radical (unpaired) electrons. The first-order valence-electron chi connectivity index (χ1n) is 8.15. The predicted octanol–water partition coefficient (Wildman–Crippen LogP) is 1.84. The number of benzene rings is 1. The van der Waals surface area contributed by atoms with E-state index in [1.807, 2.05) is 32.0 Å². The summed E-state index contributed by atoms with van der Waals surface area (Å²) in [5, 5.41) is 5.79. The molecule has 1 aliphatic rings. The maximum absolute atomic E-state index is 12.4. The van der Waals surface area contributed by atoms with Gasteiger partial charge in [0.1, 0.15) is 12.6 Å². The summed E-state index contributed by atoms with van der Waals surface area (Å²) in [6.45, 7) is 3.81. The first-order chi connectivity index (χ1) is 11.0. The van der Waals surface area contributed by atoms with Gasteiger partial charge in [-0.2, -0.15) is 0 Å². The molecule has 126 valence electrons. The summed E-state index contributed by atoms with van der Waals surface area (Å²) in [5.41, 5.74) is 1.33. The Labute approximate surface area is 137 Å². The second-order valence-electron chi connectivity index (χ2n) is 6.51. The third kappa shape index (κ3) is 4.79. The summed E-state index contributed by atoms with van der Waals surface area (Å²) in [7, 11) is 1.46. The van der Waals surface area contributed by atoms with Gasteiger partial charge in [-0.1, -0.05) is 44.2 Å². The summed E-state index contributed by atoms with van der Waals surface area (Å²) < 4.78 is 4.80. The Morgan fingerprint density at radius 3 is 2.43 bits per heavy atom. The Kier molecular flexibility index (Phi) is 6.16. The number of rotatable bonds is 7. The summed E-state index contributed by atoms with van der Waals surface area (Å²) in [5.74, 6) is 0.168. The highest BCUT2D eigenvalue weighted by Crippen LogP contribution is 2.36. The maximum Gasteiger partial charge on any atom is 0.246 e. The first-order valence-corrected chi connectivity index (χ1v) is 8.15. The van der Waals surface area contributed by atoms with Gasteiger partial charge in [-0.25, -0.2) is 0 Å². The molecule has 1 fully saturated rings. The van der Waals surface area contributed by atoms with Crippen molar-refractivity contribution in [1.29, 1.82) is 0 Å². The van der Waals surface area contributed by atoms with Crippen LogP contribution in [0.1, 0.15) is 38.2 Å². The van der Waals surface area contributed by atoms with Crippen LogP contribution in [0.5, 0.6) is 0 Å². The molecule has 0 bridgehead atoms. The second-order valence-corrected chi connectivity index (χ2v) is 6.51. The normalized spacial score (nSPS) is 21.4. The van der Waals surface area contributed by atoms with Gasteiger partial charge in [-0.05, 0) is 30.2 Å². The molecule has 2 amide bonds. The van der Waals surface area contributed by atoms with Crippen molar-refractivity contribution in [1.82, 2.24) is 10.6 Å². The van der Waals surface area contributed by atoms with E-state index in [9.17, 15) is 9.59 Å². The largest absolute Gasteiger partial charge is 0.375 e. The van der Waals surface area contributed by atoms with Gasteiger partial charge >= 0.3 is 0 Å². The van der Waals surface area contributed by atoms with Crippen molar-refractivity contribution in [2.45, 2.75) is 44.7 Å². The zero-order valence-corrected chi connectivity index (χ0v) is 14.0. The van der Waals surface area contributed by atoms with Gasteiger partial charge in [0.25, 0.3) is 0 Å². The Hall–Kier alpha value is -1.88. The molecular formula is C18H26N2O3. The number of carbonyl (C=O) groups excluding carboxylic acids is 2. The number of hydrogen-bond donors (Lipinski definition) is 2. The Morgan fingerprint density at radius 2 is 1.87 bits per heavy atom. The minimum Gasteiger partial charge on any atom is -0.375 e. The molecule has 5 heteroatoms. The monoisotopic (exact) mass is 318 g/mol. The highest BCUT2D eigenvalue weighted by atomic mass is 16.5. The number of hydrogen-bond acceptors (Lipinski definition) is 3. The fourth-order valence-electron chi connectivity index (χ4n) is 2.91. The Balaban J connectivity index is 1.82. The lowest BCUT2D eigenvalue weighted by Crippen LogP contribution is -2.54. The molecule has 5 nitrogen and oxygen atoms in total. The van der Waals surface area contributed by atoms with Crippen LogP contribution in [0.25, 0.3) is 0 Å². The number of nitrogens with one attached hydrogen (secondary N) is 2. The molecule has 0 saturated heterocycles. The fourth-order valence-corrected chi connectivity index (χ4v) is 2.91. The second kappa shape index (κ2) is 8.11. The molecule has 1 saturated carbocycles. The third-order valence-electron chi connectivity index (χ3n) is 4.30. The summed E-state index contributed by atoms with van der Waals surface area (Å²) in [6, 6.07) is 10.0. The molecule has 0 aromatic heterocycles. The van der Waals surface area contributed by atoms with E-state index >= 15 is 0 Å². The average Bonchev–Trinajstić information content (AvgIpc) is 2.48. The van der Waals surface area contributed by atoms with Gasteiger partial charge in [-0.15, -0.1) is 0 Å². The number of ether oxygens (including phenoxy) is 1. The molecule has 0 unspecified atom stereocenters. The van der Waals surface area contributed by atoms with Crippen LogP contribution in [0.2, 0.25) is 0 Å². The van der Waals surface area contributed by atoms with Crippen LogP contribution in [-0.4, -0.2) is 37.6 Å². The van der Waals surface area contributed by atoms with Gasteiger partial charge < -0.3 is 15.4 Å². The maximum atomic E-state index is 12.4. The van der Waals surface area contributed by atoms with E-state index in [1.54, 1.807) is 0 Å². The highest BCUT2D eigenvalue weighted by molar-refractivity contribution is 5.88. The van der Waals surface area contributed by atoms with Crippen LogP contribution >= 0.6 is 0 Å². The predicted molar refractivity (Wildman–Crippen MR) is 89.0 cm³/mol. The minimum absolute atomic E-state index is 0.0285. The quantitative estimate of drug-likeness (QED) is 0.806. The number of amides is 2. The van der Waals surface area contributed by atoms with E-state index < -0.39 is 6.04 Å². The van der Waals surface area contributed by atoms with E-state index in [1.165, 1.54) is 12.7 Å². The van der Waals surface area contributed by atoms with Gasteiger partial charge in [0, 0.05) is 13.2 Å². The molecule has 0 aliphatic heterocycles. The van der Waals surface area contributed by atoms with E-state index in [0.717, 1.165) is 12.8 Å². The number of methoxy groups -OCH3 is 1. The van der Waals surface area contributed by atoms with Crippen molar-refractivity contribution < 1.29 is 14.3 Å². The van der Waals surface area contributed by atoms with Gasteiger partial charge in [0.2, 0.25) is 11.8 Å². The lowest BCUT2D eigenvalue weighted by atomic mass is 9.76. The van der Waals surface area contributed by atoms with E-state index in [-0.39, 0.29) is 30.4 Å². The first kappa shape index (κ1) is 17.5. The Morgan fingerprint density at radius 1 is 1.22 bits per heavy atom. The molecule has 23 heavy (non-hydrogen) atoms. The van der Waals surface area contributed by atoms with E-state index in [2.05, 4.69) is 22.8 Å². The summed E-state index contributed by atoms with van der Waals surface area (Å²) in [4.78, 5) is 24.1. The molecule has 1 atom stereocenters. The molecule has 1 aromatic carbocycles. The lowest BCUT2D eigenvalue weighted by molar-refractivity contribution is -0.132. The zero-order valence-electron chi connectivity index (χ0n) is 14.0. The van der Waals surface area contributed by atoms with Crippen LogP contribution in [0.4, 0.5) is 0 Å². The molecule has 2 N–H and O–H groups in total. The third-order valence-corrected chi connectivity index (χ3v) is 4.30. The Bertz CT molecular complexity index is 524. The van der Waals surface area contributed by atoms with Gasteiger partial charge in [-0.3, -0.25) is 9.59 Å². The summed E-state index contributed by atoms with van der Waals surface area (Å²) >= 11 is 0. The van der Waals surface area contributed by atoms with Crippen LogP contribution in [0.3, 0.4) is 0 Å². The zero-order chi connectivity index (χ0) is 16.8. The van der Waals surface area contributed by atoms with Gasteiger partial charge in [0.15, 0.2) is 0 Å². The van der Waals surface area contributed by atoms with Crippen molar-refractivity contribution >= 4 is 11.8 Å². The number of carbonyl (C=O) groups is 2. The van der Waals surface area contributed by atoms with E-state index in [4.69, 9.17) is 4.74 Å². The topological polar surface area (TPSA) is 67.4 Å². The molecule has 1 aromatic rings. The van der Waals surface area contributed by atoms with Crippen LogP contribution in [0, 0.1) is 5.92 Å². The fraction of sp³-hybridized carbons (Fsp3) is 0.556. The van der Waals surface area contributed by atoms with Crippen molar-refractivity contribution in [3.8, 4) is 0 Å². The minimum atomic E-state index is -0.520. The van der Waals surface area contributed by atoms with Crippen molar-refractivity contribution in [2.75, 3.05) is 13.7 Å². The van der Waals surface area contributed by atoms with Crippen LogP contribution < -0.4 is 10.6 Å². The van der Waals surface area contributed by atoms with Crippen LogP contribution in [0.15, 0.2) is 30.3 Å². The smallest absolute Gasteiger partial charge is 0.246 e. The summed E-state index contributed by atoms with van der Waals surface area (Å²) in [6.07, 6.45) is 1.90. The average molecular weight is 318 g/mol. The SMILES string of the molecule is COCC(=O)N[C@H](C(=O)NC1CC(c2ccccc2)C1)C(C)C. The van der Waals surface area contributed by atoms with Crippen molar-refractivity contribution in [3.05, 3.63) is 35.9 Å². The standard InChI is InChI=1S/C18H26N2O3/c1-12(2)17(20-16(21)11-23-3)18(22)19-15-9-14(10-15)13-7-5-4-6-8-13/h4-8,12,14-15,17H,9-11H2,1-3H3,(H,19,22)(H,20,21)/t14?,15?,17-/m0/s1. The van der Waals surface area contributed by atoms with Gasteiger partial charge in [0.05, 0.1) is 0 Å². The molecule has 0 spiro atoms.